The molecule has 0 unspecified atom stereocenters. The van der Waals surface area contributed by atoms with Crippen molar-refractivity contribution in [3.8, 4) is 0 Å². The van der Waals surface area contributed by atoms with Crippen LogP contribution in [0.4, 0.5) is 0 Å². The van der Waals surface area contributed by atoms with Gasteiger partial charge in [-0.1, -0.05) is 6.42 Å². The molecule has 0 spiro atoms. The molecular formula is C16H25N3O. The van der Waals surface area contributed by atoms with E-state index in [1.165, 1.54) is 25.7 Å². The molecule has 0 saturated heterocycles. The number of fused-ring (bicyclic) bond motifs is 2. The van der Waals surface area contributed by atoms with E-state index in [2.05, 4.69) is 17.3 Å². The van der Waals surface area contributed by atoms with Crippen LogP contribution in [0.5, 0.6) is 0 Å². The summed E-state index contributed by atoms with van der Waals surface area (Å²) >= 11 is 0. The van der Waals surface area contributed by atoms with E-state index >= 15 is 0 Å². The molecule has 4 nitrogen and oxygen atoms in total. The van der Waals surface area contributed by atoms with E-state index < -0.39 is 0 Å². The van der Waals surface area contributed by atoms with Crippen LogP contribution in [0.3, 0.4) is 0 Å². The Kier molecular flexibility index (Phi) is 3.57. The molecule has 5 atom stereocenters. The molecule has 1 heterocycles. The van der Waals surface area contributed by atoms with Crippen LogP contribution in [-0.2, 0) is 4.79 Å². The standard InChI is InChI=1S/C16H25N3O/c1-10-6-7-19(18-10)12(3)16(20)17-11(2)15-9-13-4-5-14(15)8-13/h6-7,11-15H,4-5,8-9H2,1-3H3,(H,17,20)/t11-,12+,13-,14-,15-/m0/s1. The number of aromatic nitrogens is 2. The molecule has 3 rings (SSSR count). The normalized spacial score (nSPS) is 31.2. The molecule has 0 aliphatic heterocycles. The second kappa shape index (κ2) is 5.23. The van der Waals surface area contributed by atoms with Crippen molar-refractivity contribution in [2.24, 2.45) is 17.8 Å². The van der Waals surface area contributed by atoms with Crippen molar-refractivity contribution in [3.05, 3.63) is 18.0 Å². The molecule has 1 N–H and O–H groups in total. The van der Waals surface area contributed by atoms with E-state index in [0.717, 1.165) is 17.5 Å². The third kappa shape index (κ3) is 2.48. The van der Waals surface area contributed by atoms with Gasteiger partial charge in [-0.15, -0.1) is 0 Å². The molecule has 2 saturated carbocycles. The lowest BCUT2D eigenvalue weighted by Gasteiger charge is -2.29. The van der Waals surface area contributed by atoms with Crippen LogP contribution < -0.4 is 5.32 Å². The topological polar surface area (TPSA) is 46.9 Å². The highest BCUT2D eigenvalue weighted by atomic mass is 16.2. The van der Waals surface area contributed by atoms with Gasteiger partial charge in [0.05, 0.1) is 5.69 Å². The Morgan fingerprint density at radius 1 is 1.40 bits per heavy atom. The van der Waals surface area contributed by atoms with Crippen LogP contribution in [0.25, 0.3) is 0 Å². The van der Waals surface area contributed by atoms with E-state index in [-0.39, 0.29) is 18.0 Å². The first-order valence-corrected chi connectivity index (χ1v) is 7.86. The second-order valence-corrected chi connectivity index (χ2v) is 6.75. The fourth-order valence-corrected chi connectivity index (χ4v) is 4.13. The summed E-state index contributed by atoms with van der Waals surface area (Å²) in [4.78, 5) is 12.4. The molecular weight excluding hydrogens is 250 g/mol. The predicted octanol–water partition coefficient (Wildman–Crippen LogP) is 2.69. The van der Waals surface area contributed by atoms with Gasteiger partial charge in [-0.3, -0.25) is 9.48 Å². The van der Waals surface area contributed by atoms with Gasteiger partial charge < -0.3 is 5.32 Å². The average Bonchev–Trinajstić information content (AvgIpc) is 3.13. The Morgan fingerprint density at radius 2 is 2.20 bits per heavy atom. The van der Waals surface area contributed by atoms with E-state index in [1.807, 2.05) is 26.1 Å². The first kappa shape index (κ1) is 13.7. The van der Waals surface area contributed by atoms with Gasteiger partial charge in [0.15, 0.2) is 0 Å². The minimum Gasteiger partial charge on any atom is -0.352 e. The maximum Gasteiger partial charge on any atom is 0.244 e. The van der Waals surface area contributed by atoms with Gasteiger partial charge in [-0.25, -0.2) is 0 Å². The summed E-state index contributed by atoms with van der Waals surface area (Å²) in [5.41, 5.74) is 0.950. The Balaban J connectivity index is 1.58. The highest BCUT2D eigenvalue weighted by Crippen LogP contribution is 2.49. The Hall–Kier alpha value is -1.32. The molecule has 110 valence electrons. The van der Waals surface area contributed by atoms with Gasteiger partial charge in [0.2, 0.25) is 5.91 Å². The number of amides is 1. The van der Waals surface area contributed by atoms with Crippen LogP contribution in [0, 0.1) is 24.7 Å². The number of aryl methyl sites for hydroxylation is 1. The lowest BCUT2D eigenvalue weighted by Crippen LogP contribution is -2.43. The summed E-state index contributed by atoms with van der Waals surface area (Å²) in [5, 5.41) is 7.54. The number of nitrogens with one attached hydrogen (secondary N) is 1. The smallest absolute Gasteiger partial charge is 0.244 e. The molecule has 0 aromatic carbocycles. The second-order valence-electron chi connectivity index (χ2n) is 6.75. The molecule has 2 fully saturated rings. The SMILES string of the molecule is Cc1ccn([C@H](C)C(=O)N[C@@H](C)[C@@H]2C[C@H]3CC[C@H]2C3)n1. The van der Waals surface area contributed by atoms with Crippen molar-refractivity contribution in [1.29, 1.82) is 0 Å². The summed E-state index contributed by atoms with van der Waals surface area (Å²) in [6, 6.07) is 1.99. The maximum absolute atomic E-state index is 12.4. The molecule has 0 radical (unpaired) electrons. The van der Waals surface area contributed by atoms with Crippen molar-refractivity contribution >= 4 is 5.91 Å². The monoisotopic (exact) mass is 275 g/mol. The van der Waals surface area contributed by atoms with Crippen LogP contribution in [0.15, 0.2) is 12.3 Å². The first-order chi connectivity index (χ1) is 9.54. The zero-order valence-corrected chi connectivity index (χ0v) is 12.7. The third-order valence-electron chi connectivity index (χ3n) is 5.32. The Bertz CT molecular complexity index is 496. The van der Waals surface area contributed by atoms with Crippen molar-refractivity contribution < 1.29 is 4.79 Å². The minimum absolute atomic E-state index is 0.0865. The minimum atomic E-state index is -0.232. The highest BCUT2D eigenvalue weighted by Gasteiger charge is 2.42. The number of carbonyl (C=O) groups is 1. The summed E-state index contributed by atoms with van der Waals surface area (Å²) in [7, 11) is 0. The van der Waals surface area contributed by atoms with Gasteiger partial charge >= 0.3 is 0 Å². The number of hydrogen-bond donors (Lipinski definition) is 1. The molecule has 1 aromatic rings. The summed E-state index contributed by atoms with van der Waals surface area (Å²) in [6.45, 7) is 6.03. The predicted molar refractivity (Wildman–Crippen MR) is 78.2 cm³/mol. The van der Waals surface area contributed by atoms with Crippen LogP contribution in [0.1, 0.15) is 51.3 Å². The molecule has 2 aliphatic carbocycles. The van der Waals surface area contributed by atoms with Crippen LogP contribution in [-0.4, -0.2) is 21.7 Å². The van der Waals surface area contributed by atoms with Gasteiger partial charge in [-0.05, 0) is 63.9 Å². The summed E-state index contributed by atoms with van der Waals surface area (Å²) in [6.07, 6.45) is 7.34. The summed E-state index contributed by atoms with van der Waals surface area (Å²) < 4.78 is 1.75. The zero-order chi connectivity index (χ0) is 14.3. The van der Waals surface area contributed by atoms with Gasteiger partial charge in [0.1, 0.15) is 6.04 Å². The molecule has 2 bridgehead atoms. The van der Waals surface area contributed by atoms with E-state index in [1.54, 1.807) is 4.68 Å². The van der Waals surface area contributed by atoms with Crippen molar-refractivity contribution in [3.63, 3.8) is 0 Å². The van der Waals surface area contributed by atoms with Gasteiger partial charge in [0, 0.05) is 12.2 Å². The molecule has 1 aromatic heterocycles. The zero-order valence-electron chi connectivity index (χ0n) is 12.7. The van der Waals surface area contributed by atoms with Crippen molar-refractivity contribution in [2.75, 3.05) is 0 Å². The van der Waals surface area contributed by atoms with Gasteiger partial charge in [-0.2, -0.15) is 5.10 Å². The molecule has 20 heavy (non-hydrogen) atoms. The van der Waals surface area contributed by atoms with Gasteiger partial charge in [0.25, 0.3) is 0 Å². The fraction of sp³-hybridized carbons (Fsp3) is 0.750. The fourth-order valence-electron chi connectivity index (χ4n) is 4.13. The highest BCUT2D eigenvalue weighted by molar-refractivity contribution is 5.80. The molecule has 4 heteroatoms. The van der Waals surface area contributed by atoms with E-state index in [9.17, 15) is 4.79 Å². The molecule has 1 amide bonds. The number of nitrogens with zero attached hydrogens (tertiary/aromatic N) is 2. The quantitative estimate of drug-likeness (QED) is 0.918. The maximum atomic E-state index is 12.4. The largest absolute Gasteiger partial charge is 0.352 e. The average molecular weight is 275 g/mol. The lowest BCUT2D eigenvalue weighted by atomic mass is 9.84. The van der Waals surface area contributed by atoms with Crippen LogP contribution >= 0.6 is 0 Å². The van der Waals surface area contributed by atoms with E-state index in [0.29, 0.717) is 5.92 Å². The number of carbonyl (C=O) groups excluding carboxylic acids is 1. The molecule has 2 aliphatic rings. The van der Waals surface area contributed by atoms with E-state index in [4.69, 9.17) is 0 Å². The van der Waals surface area contributed by atoms with Crippen molar-refractivity contribution in [2.45, 2.75) is 58.5 Å². The lowest BCUT2D eigenvalue weighted by molar-refractivity contribution is -0.125. The van der Waals surface area contributed by atoms with Crippen LogP contribution in [0.2, 0.25) is 0 Å². The Labute approximate surface area is 120 Å². The number of rotatable bonds is 4. The van der Waals surface area contributed by atoms with Crippen molar-refractivity contribution in [1.82, 2.24) is 15.1 Å². The third-order valence-corrected chi connectivity index (χ3v) is 5.32. The summed E-state index contributed by atoms with van der Waals surface area (Å²) in [5.74, 6) is 2.54. The Morgan fingerprint density at radius 3 is 2.75 bits per heavy atom. The first-order valence-electron chi connectivity index (χ1n) is 7.86. The number of hydrogen-bond acceptors (Lipinski definition) is 2.